The van der Waals surface area contributed by atoms with E-state index in [-0.39, 0.29) is 11.4 Å². The molecule has 2 N–H and O–H groups in total. The summed E-state index contributed by atoms with van der Waals surface area (Å²) in [5.41, 5.74) is 0.503. The Hall–Kier alpha value is -2.00. The van der Waals surface area contributed by atoms with Crippen molar-refractivity contribution in [2.75, 3.05) is 18.9 Å². The lowest BCUT2D eigenvalue weighted by atomic mass is 10.4. The summed E-state index contributed by atoms with van der Waals surface area (Å²) >= 11 is 0. The molecular weight excluding hydrogens is 268 g/mol. The molecule has 0 atom stereocenters. The van der Waals surface area contributed by atoms with Gasteiger partial charge in [-0.3, -0.25) is 9.67 Å². The minimum atomic E-state index is -3.59. The topological polar surface area (TPSA) is 102 Å². The molecule has 0 unspecified atom stereocenters. The molecule has 0 fully saturated rings. The lowest BCUT2D eigenvalue weighted by Crippen LogP contribution is -2.28. The maximum Gasteiger partial charge on any atom is 0.244 e. The Kier molecular flexibility index (Phi) is 4.07. The second-order valence-electron chi connectivity index (χ2n) is 3.69. The fraction of sp³-hybridized carbons (Fsp3) is 0.300. The number of anilines is 1. The molecule has 0 spiro atoms. The smallest absolute Gasteiger partial charge is 0.244 e. The third-order valence-corrected chi connectivity index (χ3v) is 3.94. The Morgan fingerprint density at radius 2 is 2.21 bits per heavy atom. The maximum absolute atomic E-state index is 12.1. The average Bonchev–Trinajstić information content (AvgIpc) is 2.91. The Morgan fingerprint density at radius 1 is 1.37 bits per heavy atom. The van der Waals surface area contributed by atoms with E-state index < -0.39 is 10.0 Å². The monoisotopic (exact) mass is 282 g/mol. The van der Waals surface area contributed by atoms with Crippen molar-refractivity contribution in [1.29, 1.82) is 0 Å². The van der Waals surface area contributed by atoms with Gasteiger partial charge in [0.15, 0.2) is 0 Å². The highest BCUT2D eigenvalue weighted by Crippen LogP contribution is 2.18. The molecule has 0 aliphatic heterocycles. The number of rotatable bonds is 6. The van der Waals surface area contributed by atoms with Crippen LogP contribution in [0.25, 0.3) is 0 Å². The Bertz CT molecular complexity index is 625. The maximum atomic E-state index is 12.1. The van der Waals surface area contributed by atoms with E-state index in [2.05, 4.69) is 25.3 Å². The highest BCUT2D eigenvalue weighted by atomic mass is 32.2. The normalized spacial score (nSPS) is 11.4. The van der Waals surface area contributed by atoms with Crippen LogP contribution >= 0.6 is 0 Å². The fourth-order valence-corrected chi connectivity index (χ4v) is 2.70. The summed E-state index contributed by atoms with van der Waals surface area (Å²) in [7, 11) is -1.94. The third kappa shape index (κ3) is 3.26. The molecule has 2 heterocycles. The highest BCUT2D eigenvalue weighted by Gasteiger charge is 2.17. The van der Waals surface area contributed by atoms with Crippen molar-refractivity contribution in [2.24, 2.45) is 0 Å². The van der Waals surface area contributed by atoms with Gasteiger partial charge in [-0.25, -0.2) is 13.1 Å². The summed E-state index contributed by atoms with van der Waals surface area (Å²) in [6, 6.07) is 1.60. The van der Waals surface area contributed by atoms with Crippen LogP contribution in [-0.4, -0.2) is 42.0 Å². The molecule has 0 aromatic carbocycles. The van der Waals surface area contributed by atoms with Crippen LogP contribution in [0.1, 0.15) is 0 Å². The van der Waals surface area contributed by atoms with Crippen LogP contribution in [0, 0.1) is 0 Å². The summed E-state index contributed by atoms with van der Waals surface area (Å²) in [6.45, 7) is 0.637. The molecule has 2 aromatic rings. The van der Waals surface area contributed by atoms with E-state index >= 15 is 0 Å². The number of hydrogen-bond acceptors (Lipinski definition) is 6. The van der Waals surface area contributed by atoms with Gasteiger partial charge in [0.05, 0.1) is 18.4 Å². The van der Waals surface area contributed by atoms with E-state index in [9.17, 15) is 8.42 Å². The van der Waals surface area contributed by atoms with Crippen molar-refractivity contribution in [3.8, 4) is 0 Å². The second kappa shape index (κ2) is 5.76. The SMILES string of the molecule is CNc1ccncc1S(=O)(=O)NCCn1ccnn1. The van der Waals surface area contributed by atoms with Gasteiger partial charge in [-0.1, -0.05) is 5.21 Å². The summed E-state index contributed by atoms with van der Waals surface area (Å²) in [6.07, 6.45) is 6.04. The van der Waals surface area contributed by atoms with E-state index in [0.29, 0.717) is 12.2 Å². The van der Waals surface area contributed by atoms with E-state index in [4.69, 9.17) is 0 Å². The molecule has 0 amide bonds. The van der Waals surface area contributed by atoms with Crippen LogP contribution in [0.5, 0.6) is 0 Å². The lowest BCUT2D eigenvalue weighted by Gasteiger charge is -2.10. The molecule has 0 saturated heterocycles. The number of nitrogens with one attached hydrogen (secondary N) is 2. The first-order valence-electron chi connectivity index (χ1n) is 5.59. The molecule has 0 radical (unpaired) electrons. The number of sulfonamides is 1. The molecule has 8 nitrogen and oxygen atoms in total. The van der Waals surface area contributed by atoms with Crippen molar-refractivity contribution >= 4 is 15.7 Å². The first kappa shape index (κ1) is 13.4. The van der Waals surface area contributed by atoms with Gasteiger partial charge in [-0.05, 0) is 6.07 Å². The van der Waals surface area contributed by atoms with E-state index in [0.717, 1.165) is 0 Å². The molecule has 9 heteroatoms. The van der Waals surface area contributed by atoms with Crippen LogP contribution in [0.2, 0.25) is 0 Å². The molecule has 19 heavy (non-hydrogen) atoms. The van der Waals surface area contributed by atoms with Gasteiger partial charge in [0.25, 0.3) is 0 Å². The first-order valence-corrected chi connectivity index (χ1v) is 7.07. The Balaban J connectivity index is 2.05. The molecule has 102 valence electrons. The Morgan fingerprint density at radius 3 is 2.89 bits per heavy atom. The van der Waals surface area contributed by atoms with Gasteiger partial charge >= 0.3 is 0 Å². The average molecular weight is 282 g/mol. The predicted octanol–water partition coefficient (Wildman–Crippen LogP) is -0.307. The zero-order chi connectivity index (χ0) is 13.7. The predicted molar refractivity (Wildman–Crippen MR) is 69.0 cm³/mol. The minimum absolute atomic E-state index is 0.121. The van der Waals surface area contributed by atoms with Gasteiger partial charge in [-0.15, -0.1) is 5.10 Å². The van der Waals surface area contributed by atoms with E-state index in [1.807, 2.05) is 0 Å². The standard InChI is InChI=1S/C10H14N6O2S/c1-11-9-2-3-12-8-10(9)19(17,18)14-5-7-16-6-4-13-15-16/h2-4,6,8,14H,5,7H2,1H3,(H,11,12). The van der Waals surface area contributed by atoms with Gasteiger partial charge in [0.2, 0.25) is 10.0 Å². The van der Waals surface area contributed by atoms with Gasteiger partial charge in [0.1, 0.15) is 4.90 Å². The molecule has 0 saturated carbocycles. The molecule has 2 aromatic heterocycles. The molecule has 0 bridgehead atoms. The fourth-order valence-electron chi connectivity index (χ4n) is 1.52. The van der Waals surface area contributed by atoms with Crippen LogP contribution in [0.4, 0.5) is 5.69 Å². The number of pyridine rings is 1. The van der Waals surface area contributed by atoms with Crippen LogP contribution in [0.3, 0.4) is 0 Å². The van der Waals surface area contributed by atoms with E-state index in [1.165, 1.54) is 18.6 Å². The summed E-state index contributed by atoms with van der Waals surface area (Å²) in [5.74, 6) is 0. The first-order chi connectivity index (χ1) is 9.13. The van der Waals surface area contributed by atoms with Crippen molar-refractivity contribution < 1.29 is 8.42 Å². The molecule has 0 aliphatic rings. The van der Waals surface area contributed by atoms with Gasteiger partial charge < -0.3 is 5.32 Å². The molecule has 0 aliphatic carbocycles. The summed E-state index contributed by atoms with van der Waals surface area (Å²) in [5, 5.41) is 10.2. The molecular formula is C10H14N6O2S. The van der Waals surface area contributed by atoms with Crippen molar-refractivity contribution in [3.63, 3.8) is 0 Å². The van der Waals surface area contributed by atoms with Gasteiger partial charge in [-0.2, -0.15) is 0 Å². The van der Waals surface area contributed by atoms with Crippen LogP contribution < -0.4 is 10.0 Å². The molecule has 2 rings (SSSR count). The van der Waals surface area contributed by atoms with E-state index in [1.54, 1.807) is 24.0 Å². The minimum Gasteiger partial charge on any atom is -0.387 e. The quantitative estimate of drug-likeness (QED) is 0.754. The number of nitrogens with zero attached hydrogens (tertiary/aromatic N) is 4. The zero-order valence-electron chi connectivity index (χ0n) is 10.3. The highest BCUT2D eigenvalue weighted by molar-refractivity contribution is 7.89. The van der Waals surface area contributed by atoms with Crippen molar-refractivity contribution in [1.82, 2.24) is 24.7 Å². The lowest BCUT2D eigenvalue weighted by molar-refractivity contribution is 0.553. The van der Waals surface area contributed by atoms with Crippen molar-refractivity contribution in [3.05, 3.63) is 30.9 Å². The number of aromatic nitrogens is 4. The second-order valence-corrected chi connectivity index (χ2v) is 5.42. The van der Waals surface area contributed by atoms with Crippen LogP contribution in [-0.2, 0) is 16.6 Å². The van der Waals surface area contributed by atoms with Gasteiger partial charge in [0, 0.05) is 32.2 Å². The zero-order valence-corrected chi connectivity index (χ0v) is 11.1. The number of hydrogen-bond donors (Lipinski definition) is 2. The third-order valence-electron chi connectivity index (χ3n) is 2.45. The largest absolute Gasteiger partial charge is 0.387 e. The summed E-state index contributed by atoms with van der Waals surface area (Å²) in [4.78, 5) is 3.95. The van der Waals surface area contributed by atoms with Crippen LogP contribution in [0.15, 0.2) is 35.7 Å². The summed E-state index contributed by atoms with van der Waals surface area (Å²) < 4.78 is 28.2. The van der Waals surface area contributed by atoms with Crippen molar-refractivity contribution in [2.45, 2.75) is 11.4 Å². The Labute approximate surface area is 110 Å².